The summed E-state index contributed by atoms with van der Waals surface area (Å²) in [5.41, 5.74) is 0.508. The molecule has 4 fully saturated rings. The van der Waals surface area contributed by atoms with Crippen molar-refractivity contribution in [2.45, 2.75) is 52.0 Å². The molecule has 0 saturated heterocycles. The van der Waals surface area contributed by atoms with E-state index in [-0.39, 0.29) is 16.9 Å². The highest BCUT2D eigenvalue weighted by molar-refractivity contribution is 5.83. The van der Waals surface area contributed by atoms with Gasteiger partial charge in [0.15, 0.2) is 0 Å². The fourth-order valence-electron chi connectivity index (χ4n) is 5.59. The predicted octanol–water partition coefficient (Wildman–Crippen LogP) is 1.88. The van der Waals surface area contributed by atoms with Gasteiger partial charge in [-0.05, 0) is 63.2 Å². The molecule has 1 heterocycles. The van der Waals surface area contributed by atoms with Crippen molar-refractivity contribution in [3.05, 3.63) is 28.4 Å². The number of carbonyl (C=O) groups excluding carboxylic acids is 1. The van der Waals surface area contributed by atoms with Gasteiger partial charge in [-0.25, -0.2) is 4.98 Å². The molecule has 0 aromatic carbocycles. The van der Waals surface area contributed by atoms with E-state index in [1.807, 2.05) is 0 Å². The number of rotatable bonds is 4. The van der Waals surface area contributed by atoms with Gasteiger partial charge in [0, 0.05) is 30.3 Å². The van der Waals surface area contributed by atoms with Crippen LogP contribution < -0.4 is 10.9 Å². The Balaban J connectivity index is 1.39. The zero-order valence-electron chi connectivity index (χ0n) is 13.8. The standard InChI is InChI=1S/C18H25N3O2/c1-12-10-19-11-21(16(12)22)3-2-20-17(23)18-7-13-4-14(8-18)6-15(5-13)9-18/h10-11,13-15H,2-9H2,1H3,(H,20,23). The van der Waals surface area contributed by atoms with E-state index in [1.165, 1.54) is 19.3 Å². The minimum atomic E-state index is -0.107. The largest absolute Gasteiger partial charge is 0.354 e. The van der Waals surface area contributed by atoms with Crippen molar-refractivity contribution in [3.8, 4) is 0 Å². The quantitative estimate of drug-likeness (QED) is 0.923. The average Bonchev–Trinajstić information content (AvgIpc) is 2.50. The Kier molecular flexibility index (Phi) is 3.54. The molecule has 5 rings (SSSR count). The van der Waals surface area contributed by atoms with Crippen molar-refractivity contribution in [2.75, 3.05) is 6.54 Å². The third-order valence-corrected chi connectivity index (χ3v) is 6.23. The van der Waals surface area contributed by atoms with E-state index in [1.54, 1.807) is 24.0 Å². The van der Waals surface area contributed by atoms with Gasteiger partial charge in [-0.2, -0.15) is 0 Å². The lowest BCUT2D eigenvalue weighted by atomic mass is 9.49. The van der Waals surface area contributed by atoms with E-state index in [2.05, 4.69) is 10.3 Å². The lowest BCUT2D eigenvalue weighted by Gasteiger charge is -2.55. The van der Waals surface area contributed by atoms with Crippen molar-refractivity contribution in [1.29, 1.82) is 0 Å². The molecule has 124 valence electrons. The predicted molar refractivity (Wildman–Crippen MR) is 86.8 cm³/mol. The second kappa shape index (κ2) is 5.46. The van der Waals surface area contributed by atoms with Crippen LogP contribution in [-0.2, 0) is 11.3 Å². The molecule has 4 saturated carbocycles. The number of hydrogen-bond acceptors (Lipinski definition) is 3. The Hall–Kier alpha value is -1.65. The van der Waals surface area contributed by atoms with Crippen molar-refractivity contribution in [3.63, 3.8) is 0 Å². The van der Waals surface area contributed by atoms with Crippen LogP contribution >= 0.6 is 0 Å². The van der Waals surface area contributed by atoms with Crippen molar-refractivity contribution >= 4 is 5.91 Å². The Bertz CT molecular complexity index is 644. The van der Waals surface area contributed by atoms with Gasteiger partial charge in [0.1, 0.15) is 0 Å². The maximum Gasteiger partial charge on any atom is 0.256 e. The molecule has 4 aliphatic rings. The summed E-state index contributed by atoms with van der Waals surface area (Å²) < 4.78 is 1.58. The molecule has 0 radical (unpaired) electrons. The normalized spacial score (nSPS) is 34.6. The van der Waals surface area contributed by atoms with Crippen LogP contribution in [-0.4, -0.2) is 22.0 Å². The number of aromatic nitrogens is 2. The lowest BCUT2D eigenvalue weighted by Crippen LogP contribution is -2.54. The summed E-state index contributed by atoms with van der Waals surface area (Å²) in [5, 5.41) is 3.11. The van der Waals surface area contributed by atoms with Crippen LogP contribution in [0.1, 0.15) is 44.1 Å². The summed E-state index contributed by atoms with van der Waals surface area (Å²) in [4.78, 5) is 28.8. The smallest absolute Gasteiger partial charge is 0.256 e. The van der Waals surface area contributed by atoms with Gasteiger partial charge in [-0.3, -0.25) is 14.2 Å². The SMILES string of the molecule is Cc1cncn(CCNC(=O)C23CC4CC(CC(C4)C2)C3)c1=O. The van der Waals surface area contributed by atoms with Crippen LogP contribution in [0.4, 0.5) is 0 Å². The molecule has 1 N–H and O–H groups in total. The summed E-state index contributed by atoms with van der Waals surface area (Å²) in [7, 11) is 0. The topological polar surface area (TPSA) is 64.0 Å². The summed E-state index contributed by atoms with van der Waals surface area (Å²) in [6.45, 7) is 2.76. The first kappa shape index (κ1) is 14.9. The van der Waals surface area contributed by atoms with E-state index < -0.39 is 0 Å². The first-order chi connectivity index (χ1) is 11.1. The first-order valence-corrected chi connectivity index (χ1v) is 8.85. The molecule has 5 nitrogen and oxygen atoms in total. The molecule has 1 aromatic heterocycles. The Labute approximate surface area is 136 Å². The van der Waals surface area contributed by atoms with Gasteiger partial charge in [0.05, 0.1) is 6.33 Å². The number of carbonyl (C=O) groups is 1. The second-order valence-corrected chi connectivity index (χ2v) is 8.03. The number of hydrogen-bond donors (Lipinski definition) is 1. The maximum absolute atomic E-state index is 12.8. The number of nitrogens with one attached hydrogen (secondary N) is 1. The highest BCUT2D eigenvalue weighted by atomic mass is 16.2. The van der Waals surface area contributed by atoms with Crippen molar-refractivity contribution in [1.82, 2.24) is 14.9 Å². The molecular weight excluding hydrogens is 290 g/mol. The number of nitrogens with zero attached hydrogens (tertiary/aromatic N) is 2. The fraction of sp³-hybridized carbons (Fsp3) is 0.722. The highest BCUT2D eigenvalue weighted by Gasteiger charge is 2.54. The maximum atomic E-state index is 12.8. The molecule has 0 spiro atoms. The van der Waals surface area contributed by atoms with Crippen molar-refractivity contribution < 1.29 is 4.79 Å². The first-order valence-electron chi connectivity index (χ1n) is 8.85. The van der Waals surface area contributed by atoms with Crippen molar-refractivity contribution in [2.24, 2.45) is 23.2 Å². The van der Waals surface area contributed by atoms with Gasteiger partial charge >= 0.3 is 0 Å². The van der Waals surface area contributed by atoms with E-state index in [0.29, 0.717) is 18.7 Å². The van der Waals surface area contributed by atoms with Gasteiger partial charge in [-0.1, -0.05) is 0 Å². The van der Waals surface area contributed by atoms with Gasteiger partial charge in [0.2, 0.25) is 5.91 Å². The van der Waals surface area contributed by atoms with Crippen LogP contribution in [0.5, 0.6) is 0 Å². The van der Waals surface area contributed by atoms with Gasteiger partial charge in [0.25, 0.3) is 5.56 Å². The Morgan fingerprint density at radius 2 is 1.87 bits per heavy atom. The summed E-state index contributed by atoms with van der Waals surface area (Å²) in [6.07, 6.45) is 10.4. The van der Waals surface area contributed by atoms with Gasteiger partial charge < -0.3 is 5.32 Å². The summed E-state index contributed by atoms with van der Waals surface area (Å²) in [6, 6.07) is 0. The van der Waals surface area contributed by atoms with Crippen LogP contribution in [0.3, 0.4) is 0 Å². The monoisotopic (exact) mass is 315 g/mol. The third kappa shape index (κ3) is 2.60. The molecule has 23 heavy (non-hydrogen) atoms. The van der Waals surface area contributed by atoms with Gasteiger partial charge in [-0.15, -0.1) is 0 Å². The van der Waals surface area contributed by atoms with Crippen LogP contribution in [0, 0.1) is 30.1 Å². The fourth-order valence-corrected chi connectivity index (χ4v) is 5.59. The molecule has 4 aliphatic carbocycles. The molecule has 4 bridgehead atoms. The van der Waals surface area contributed by atoms with Crippen LogP contribution in [0.2, 0.25) is 0 Å². The lowest BCUT2D eigenvalue weighted by molar-refractivity contribution is -0.146. The van der Waals surface area contributed by atoms with Crippen LogP contribution in [0.25, 0.3) is 0 Å². The molecule has 1 amide bonds. The minimum absolute atomic E-state index is 0.0240. The minimum Gasteiger partial charge on any atom is -0.354 e. The average molecular weight is 315 g/mol. The molecule has 0 unspecified atom stereocenters. The molecular formula is C18H25N3O2. The van der Waals surface area contributed by atoms with E-state index in [4.69, 9.17) is 0 Å². The molecule has 5 heteroatoms. The zero-order chi connectivity index (χ0) is 16.0. The Morgan fingerprint density at radius 3 is 2.48 bits per heavy atom. The zero-order valence-corrected chi connectivity index (χ0v) is 13.8. The summed E-state index contributed by atoms with van der Waals surface area (Å²) >= 11 is 0. The molecule has 0 atom stereocenters. The second-order valence-electron chi connectivity index (χ2n) is 8.03. The molecule has 0 aliphatic heterocycles. The number of amides is 1. The number of aryl methyl sites for hydroxylation is 1. The third-order valence-electron chi connectivity index (χ3n) is 6.23. The highest BCUT2D eigenvalue weighted by Crippen LogP contribution is 2.60. The molecule has 1 aromatic rings. The van der Waals surface area contributed by atoms with E-state index >= 15 is 0 Å². The van der Waals surface area contributed by atoms with E-state index in [9.17, 15) is 9.59 Å². The summed E-state index contributed by atoms with van der Waals surface area (Å²) in [5.74, 6) is 2.55. The van der Waals surface area contributed by atoms with Crippen LogP contribution in [0.15, 0.2) is 17.3 Å². The van der Waals surface area contributed by atoms with E-state index in [0.717, 1.165) is 37.0 Å². The Morgan fingerprint density at radius 1 is 1.26 bits per heavy atom.